The van der Waals surface area contributed by atoms with Gasteiger partial charge in [0, 0.05) is 12.6 Å². The smallest absolute Gasteiger partial charge is 0.121 e. The summed E-state index contributed by atoms with van der Waals surface area (Å²) < 4.78 is 5.84. The van der Waals surface area contributed by atoms with Crippen LogP contribution in [0.3, 0.4) is 0 Å². The van der Waals surface area contributed by atoms with Crippen LogP contribution in [0.4, 0.5) is 0 Å². The highest BCUT2D eigenvalue weighted by Gasteiger charge is 2.15. The summed E-state index contributed by atoms with van der Waals surface area (Å²) in [6.45, 7) is 3.50. The second-order valence-electron chi connectivity index (χ2n) is 4.13. The average molecular weight is 263 g/mol. The highest BCUT2D eigenvalue weighted by atomic mass is 35.5. The van der Waals surface area contributed by atoms with Gasteiger partial charge in [0.25, 0.3) is 0 Å². The molecule has 1 fully saturated rings. The van der Waals surface area contributed by atoms with Crippen molar-refractivity contribution in [2.24, 2.45) is 0 Å². The van der Waals surface area contributed by atoms with Crippen LogP contribution in [0.5, 0.6) is 5.75 Å². The molecule has 0 unspecified atom stereocenters. The van der Waals surface area contributed by atoms with Gasteiger partial charge in [-0.25, -0.2) is 5.26 Å². The first-order valence-corrected chi connectivity index (χ1v) is 6.29. The molecule has 0 atom stereocenters. The lowest BCUT2D eigenvalue weighted by Gasteiger charge is -2.23. The van der Waals surface area contributed by atoms with Crippen LogP contribution in [0, 0.1) is 23.2 Å². The van der Waals surface area contributed by atoms with Crippen molar-refractivity contribution in [3.63, 3.8) is 0 Å². The molecule has 18 heavy (non-hydrogen) atoms. The van der Waals surface area contributed by atoms with Crippen LogP contribution in [0.25, 0.3) is 0 Å². The number of hydrogen-bond acceptors (Lipinski definition) is 3. The minimum atomic E-state index is 0.317. The Balaban J connectivity index is 0.000000771. The van der Waals surface area contributed by atoms with E-state index in [-0.39, 0.29) is 0 Å². The van der Waals surface area contributed by atoms with Crippen LogP contribution in [-0.4, -0.2) is 6.10 Å². The third-order valence-electron chi connectivity index (χ3n) is 2.92. The van der Waals surface area contributed by atoms with Crippen LogP contribution in [0.1, 0.15) is 37.7 Å². The van der Waals surface area contributed by atoms with E-state index in [4.69, 9.17) is 26.9 Å². The number of hydrogen-bond donors (Lipinski definition) is 0. The van der Waals surface area contributed by atoms with E-state index in [0.29, 0.717) is 16.7 Å². The molecule has 0 bridgehead atoms. The summed E-state index contributed by atoms with van der Waals surface area (Å²) in [7, 11) is 0. The first-order chi connectivity index (χ1) is 8.79. The molecule has 0 amide bonds. The second-order valence-corrected chi connectivity index (χ2v) is 4.54. The topological polar surface area (TPSA) is 56.8 Å². The van der Waals surface area contributed by atoms with Crippen molar-refractivity contribution in [2.75, 3.05) is 0 Å². The van der Waals surface area contributed by atoms with Gasteiger partial charge < -0.3 is 4.74 Å². The number of nitrogens with zero attached hydrogens (tertiary/aromatic N) is 2. The maximum absolute atomic E-state index is 8.76. The number of nitriles is 2. The molecule has 1 aliphatic rings. The molecule has 0 aromatic heterocycles. The number of halogens is 1. The lowest BCUT2D eigenvalue weighted by molar-refractivity contribution is 0.155. The Labute approximate surface area is 113 Å². The Hall–Kier alpha value is -1.71. The van der Waals surface area contributed by atoms with E-state index >= 15 is 0 Å². The van der Waals surface area contributed by atoms with Crippen LogP contribution < -0.4 is 4.74 Å². The molecule has 1 aromatic carbocycles. The molecule has 0 heterocycles. The van der Waals surface area contributed by atoms with E-state index in [1.54, 1.807) is 12.1 Å². The summed E-state index contributed by atoms with van der Waals surface area (Å²) in [5.74, 6) is 0.774. The molecule has 0 aliphatic heterocycles. The number of ether oxygens (including phenoxy) is 1. The number of benzene rings is 1. The summed E-state index contributed by atoms with van der Waals surface area (Å²) in [5.41, 5.74) is 0.498. The van der Waals surface area contributed by atoms with Crippen molar-refractivity contribution >= 4 is 11.6 Å². The first-order valence-electron chi connectivity index (χ1n) is 5.92. The highest BCUT2D eigenvalue weighted by Crippen LogP contribution is 2.26. The van der Waals surface area contributed by atoms with Gasteiger partial charge in [-0.1, -0.05) is 18.0 Å². The molecule has 0 radical (unpaired) electrons. The Morgan fingerprint density at radius 3 is 2.44 bits per heavy atom. The molecular formula is C14H15ClN2O. The minimum Gasteiger partial charge on any atom is -0.490 e. The van der Waals surface area contributed by atoms with Gasteiger partial charge >= 0.3 is 0 Å². The van der Waals surface area contributed by atoms with Crippen molar-refractivity contribution in [2.45, 2.75) is 38.2 Å². The Kier molecular flexibility index (Phi) is 6.05. The van der Waals surface area contributed by atoms with Crippen LogP contribution >= 0.6 is 11.6 Å². The van der Waals surface area contributed by atoms with Crippen molar-refractivity contribution in [1.29, 1.82) is 10.5 Å². The number of rotatable bonds is 2. The Bertz CT molecular complexity index is 445. The van der Waals surface area contributed by atoms with Gasteiger partial charge in [-0.2, -0.15) is 5.26 Å². The fraction of sp³-hybridized carbons (Fsp3) is 0.429. The molecule has 0 saturated heterocycles. The van der Waals surface area contributed by atoms with Gasteiger partial charge in [-0.15, -0.1) is 0 Å². The van der Waals surface area contributed by atoms with Gasteiger partial charge in [0.1, 0.15) is 11.8 Å². The molecule has 2 rings (SSSR count). The molecule has 0 spiro atoms. The second kappa shape index (κ2) is 7.58. The summed E-state index contributed by atoms with van der Waals surface area (Å²) in [4.78, 5) is 0. The Morgan fingerprint density at radius 1 is 1.22 bits per heavy atom. The largest absolute Gasteiger partial charge is 0.490 e. The van der Waals surface area contributed by atoms with E-state index in [2.05, 4.69) is 6.57 Å². The van der Waals surface area contributed by atoms with Gasteiger partial charge in [0.15, 0.2) is 0 Å². The molecule has 0 N–H and O–H groups in total. The van der Waals surface area contributed by atoms with Crippen molar-refractivity contribution in [3.05, 3.63) is 28.8 Å². The van der Waals surface area contributed by atoms with Gasteiger partial charge in [0.2, 0.25) is 0 Å². The van der Waals surface area contributed by atoms with E-state index < -0.39 is 0 Å². The average Bonchev–Trinajstić information content (AvgIpc) is 2.42. The predicted molar refractivity (Wildman–Crippen MR) is 70.3 cm³/mol. The maximum atomic E-state index is 8.76. The van der Waals surface area contributed by atoms with Crippen LogP contribution in [-0.2, 0) is 0 Å². The van der Waals surface area contributed by atoms with Crippen molar-refractivity contribution < 1.29 is 4.74 Å². The third kappa shape index (κ3) is 3.95. The van der Waals surface area contributed by atoms with Gasteiger partial charge in [-0.3, -0.25) is 0 Å². The SMILES string of the molecule is C#N.N#Cc1ccc(OC2CCCCC2)cc1Cl. The van der Waals surface area contributed by atoms with Gasteiger partial charge in [0.05, 0.1) is 16.7 Å². The third-order valence-corrected chi connectivity index (χ3v) is 3.23. The lowest BCUT2D eigenvalue weighted by atomic mass is 9.98. The zero-order chi connectivity index (χ0) is 13.4. The van der Waals surface area contributed by atoms with E-state index in [1.165, 1.54) is 19.3 Å². The molecule has 1 aliphatic carbocycles. The minimum absolute atomic E-state index is 0.317. The zero-order valence-electron chi connectivity index (χ0n) is 10.1. The predicted octanol–water partition coefficient (Wildman–Crippen LogP) is 4.06. The monoisotopic (exact) mass is 262 g/mol. The summed E-state index contributed by atoms with van der Waals surface area (Å²) in [6.07, 6.45) is 6.37. The van der Waals surface area contributed by atoms with Crippen molar-refractivity contribution in [1.82, 2.24) is 0 Å². The van der Waals surface area contributed by atoms with E-state index in [9.17, 15) is 0 Å². The summed E-state index contributed by atoms with van der Waals surface area (Å²) in [5, 5.41) is 15.7. The fourth-order valence-electron chi connectivity index (χ4n) is 2.04. The zero-order valence-corrected chi connectivity index (χ0v) is 10.9. The molecule has 94 valence electrons. The van der Waals surface area contributed by atoms with E-state index in [0.717, 1.165) is 18.6 Å². The molecule has 1 saturated carbocycles. The fourth-order valence-corrected chi connectivity index (χ4v) is 2.25. The molecule has 3 nitrogen and oxygen atoms in total. The molecule has 4 heteroatoms. The first kappa shape index (κ1) is 14.4. The Morgan fingerprint density at radius 2 is 1.89 bits per heavy atom. The van der Waals surface area contributed by atoms with Crippen LogP contribution in [0.2, 0.25) is 5.02 Å². The standard InChI is InChI=1S/C13H14ClNO.CHN/c14-13-8-12(7-6-10(13)9-15)16-11-4-2-1-3-5-11;1-2/h6-8,11H,1-5H2;1H. The lowest BCUT2D eigenvalue weighted by Crippen LogP contribution is -2.19. The van der Waals surface area contributed by atoms with Crippen LogP contribution in [0.15, 0.2) is 18.2 Å². The quantitative estimate of drug-likeness (QED) is 0.807. The van der Waals surface area contributed by atoms with E-state index in [1.807, 2.05) is 12.1 Å². The summed E-state index contributed by atoms with van der Waals surface area (Å²) in [6, 6.07) is 7.30. The normalized spacial score (nSPS) is 15.0. The van der Waals surface area contributed by atoms with Gasteiger partial charge in [-0.05, 0) is 37.8 Å². The highest BCUT2D eigenvalue weighted by molar-refractivity contribution is 6.31. The molecular weight excluding hydrogens is 248 g/mol. The van der Waals surface area contributed by atoms with Crippen molar-refractivity contribution in [3.8, 4) is 18.4 Å². The molecule has 1 aromatic rings. The maximum Gasteiger partial charge on any atom is 0.121 e. The summed E-state index contributed by atoms with van der Waals surface area (Å²) >= 11 is 5.94.